The number of hydrogen-bond acceptors (Lipinski definition) is 18. The van der Waals surface area contributed by atoms with E-state index in [1.54, 1.807) is 39.2 Å². The molecule has 0 amide bonds. The predicted octanol–water partition coefficient (Wildman–Crippen LogP) is 11.6. The van der Waals surface area contributed by atoms with Gasteiger partial charge >= 0.3 is 0 Å². The van der Waals surface area contributed by atoms with Crippen molar-refractivity contribution in [2.75, 3.05) is 33.2 Å². The summed E-state index contributed by atoms with van der Waals surface area (Å²) in [5, 5.41) is 10.9. The zero-order chi connectivity index (χ0) is 53.8. The largest absolute Gasteiger partial charge is 0.368 e. The molecule has 0 saturated carbocycles. The number of rotatable bonds is 26. The predicted molar refractivity (Wildman–Crippen MR) is 294 cm³/mol. The molecule has 396 valence electrons. The van der Waals surface area contributed by atoms with E-state index in [4.69, 9.17) is 28.8 Å². The topological polar surface area (TPSA) is 281 Å². The van der Waals surface area contributed by atoms with Gasteiger partial charge in [-0.05, 0) is 98.3 Å². The molecule has 3 atom stereocenters. The Hall–Kier alpha value is -6.50. The molecule has 6 heterocycles. The van der Waals surface area contributed by atoms with Crippen LogP contribution in [0.3, 0.4) is 0 Å². The number of unbranched alkanes of at least 4 members (excludes halogenated alkanes) is 5. The third-order valence-electron chi connectivity index (χ3n) is 12.6. The molecule has 6 aromatic heterocycles. The molecule has 0 bridgehead atoms. The molecule has 0 saturated heterocycles. The van der Waals surface area contributed by atoms with Gasteiger partial charge < -0.3 is 47.5 Å². The number of nitrogens with one attached hydrogen (secondary N) is 3. The highest BCUT2D eigenvalue weighted by atomic mass is 35.5. The summed E-state index contributed by atoms with van der Waals surface area (Å²) in [7, 11) is 0. The van der Waals surface area contributed by atoms with Gasteiger partial charge in [0.2, 0.25) is 17.8 Å². The minimum absolute atomic E-state index is 0.0572. The summed E-state index contributed by atoms with van der Waals surface area (Å²) in [5.41, 5.74) is 20.1. The minimum atomic E-state index is -0.475. The fourth-order valence-corrected chi connectivity index (χ4v) is 8.48. The van der Waals surface area contributed by atoms with Crippen molar-refractivity contribution in [3.05, 3.63) is 53.7 Å². The van der Waals surface area contributed by atoms with Gasteiger partial charge in [-0.1, -0.05) is 83.7 Å². The molecule has 0 aliphatic heterocycles. The number of carbonyl (C=O) groups excluding carboxylic acids is 3. The Balaban J connectivity index is 0.000000237. The molecule has 0 aromatic carbocycles. The molecule has 0 unspecified atom stereocenters. The Kier molecular flexibility index (Phi) is 22.7. The van der Waals surface area contributed by atoms with Crippen LogP contribution in [-0.2, 0) is 14.4 Å². The summed E-state index contributed by atoms with van der Waals surface area (Å²) in [6, 6.07) is 6.70. The lowest BCUT2D eigenvalue weighted by molar-refractivity contribution is -0.118. The maximum atomic E-state index is 13.4. The van der Waals surface area contributed by atoms with E-state index in [0.717, 1.165) is 88.8 Å². The average Bonchev–Trinajstić information content (AvgIpc) is 3.32. The van der Waals surface area contributed by atoms with Crippen LogP contribution in [-0.4, -0.2) is 78.8 Å². The second-order valence-electron chi connectivity index (χ2n) is 19.9. The highest BCUT2D eigenvalue weighted by Gasteiger charge is 2.29. The Morgan fingerprint density at radius 3 is 1.34 bits per heavy atom. The van der Waals surface area contributed by atoms with E-state index in [1.807, 2.05) is 12.1 Å². The normalized spacial score (nSPS) is 13.6. The Morgan fingerprint density at radius 1 is 0.534 bits per heavy atom. The lowest BCUT2D eigenvalue weighted by Crippen LogP contribution is -2.36. The zero-order valence-electron chi connectivity index (χ0n) is 44.3. The van der Waals surface area contributed by atoms with Crippen LogP contribution in [0, 0.1) is 5.82 Å². The molecular weight excluding hydrogens is 949 g/mol. The molecule has 9 N–H and O–H groups in total. The molecule has 6 rings (SSSR count). The molecule has 0 spiro atoms. The van der Waals surface area contributed by atoms with Gasteiger partial charge in [0.15, 0.2) is 17.5 Å². The van der Waals surface area contributed by atoms with Crippen molar-refractivity contribution >= 4 is 97.3 Å². The number of nitrogens with two attached hydrogens (primary N) is 3. The molecule has 0 radical (unpaired) electrons. The van der Waals surface area contributed by atoms with Crippen LogP contribution in [0.4, 0.5) is 39.7 Å². The number of nitrogen functional groups attached to an aromatic ring is 3. The highest BCUT2D eigenvalue weighted by Crippen LogP contribution is 2.32. The van der Waals surface area contributed by atoms with Crippen LogP contribution in [0.15, 0.2) is 42.9 Å². The van der Waals surface area contributed by atoms with Gasteiger partial charge in [-0.3, -0.25) is 4.98 Å². The van der Waals surface area contributed by atoms with Gasteiger partial charge in [-0.2, -0.15) is 15.0 Å². The fraction of sp³-hybridized carbons (Fsp3) is 0.547. The number of pyridine rings is 3. The second-order valence-corrected chi connectivity index (χ2v) is 20.3. The van der Waals surface area contributed by atoms with Crippen molar-refractivity contribution in [3.8, 4) is 0 Å². The summed E-state index contributed by atoms with van der Waals surface area (Å²) >= 11 is 6.00. The first kappa shape index (κ1) is 59.1. The minimum Gasteiger partial charge on any atom is -0.368 e. The number of anilines is 6. The van der Waals surface area contributed by atoms with Crippen molar-refractivity contribution in [2.24, 2.45) is 0 Å². The van der Waals surface area contributed by atoms with Crippen molar-refractivity contribution < 1.29 is 18.8 Å². The quantitative estimate of drug-likeness (QED) is 0.0275. The van der Waals surface area contributed by atoms with E-state index in [1.165, 1.54) is 12.5 Å². The number of nitrogens with zero attached hydrogens (tertiary/aromatic N) is 9. The van der Waals surface area contributed by atoms with E-state index >= 15 is 0 Å². The number of aromatic nitrogens is 9. The molecule has 6 aromatic rings. The Morgan fingerprint density at radius 2 is 0.918 bits per heavy atom. The van der Waals surface area contributed by atoms with Crippen LogP contribution in [0.5, 0.6) is 0 Å². The van der Waals surface area contributed by atoms with Crippen LogP contribution in [0.25, 0.3) is 33.1 Å². The van der Waals surface area contributed by atoms with E-state index in [0.29, 0.717) is 75.7 Å². The zero-order valence-corrected chi connectivity index (χ0v) is 45.1. The molecule has 73 heavy (non-hydrogen) atoms. The third-order valence-corrected chi connectivity index (χ3v) is 12.8. The van der Waals surface area contributed by atoms with Crippen LogP contribution < -0.4 is 33.2 Å². The van der Waals surface area contributed by atoms with Crippen molar-refractivity contribution in [2.45, 2.75) is 188 Å². The van der Waals surface area contributed by atoms with Crippen LogP contribution in [0.2, 0.25) is 5.02 Å². The number of ketones is 3. The van der Waals surface area contributed by atoms with Gasteiger partial charge in [0.1, 0.15) is 39.7 Å². The average molecular weight is 1030 g/mol. The number of halogens is 2. The summed E-state index contributed by atoms with van der Waals surface area (Å²) in [5.74, 6) is 2.19. The van der Waals surface area contributed by atoms with E-state index in [-0.39, 0.29) is 51.8 Å². The lowest BCUT2D eigenvalue weighted by Gasteiger charge is -2.32. The molecule has 0 fully saturated rings. The van der Waals surface area contributed by atoms with E-state index in [2.05, 4.69) is 102 Å². The summed E-state index contributed by atoms with van der Waals surface area (Å²) in [6.07, 6.45) is 19.8. The van der Waals surface area contributed by atoms with Crippen molar-refractivity contribution in [1.82, 2.24) is 44.9 Å². The van der Waals surface area contributed by atoms with Gasteiger partial charge in [0, 0.05) is 54.3 Å². The maximum Gasteiger partial charge on any atom is 0.222 e. The van der Waals surface area contributed by atoms with Crippen LogP contribution >= 0.6 is 11.6 Å². The lowest BCUT2D eigenvalue weighted by atomic mass is 9.88. The summed E-state index contributed by atoms with van der Waals surface area (Å²) < 4.78 is 13.4. The van der Waals surface area contributed by atoms with Gasteiger partial charge in [0.25, 0.3) is 0 Å². The molecule has 0 aliphatic carbocycles. The van der Waals surface area contributed by atoms with E-state index < -0.39 is 5.82 Å². The second kappa shape index (κ2) is 28.1. The first-order valence-corrected chi connectivity index (χ1v) is 25.9. The third kappa shape index (κ3) is 19.5. The smallest absolute Gasteiger partial charge is 0.222 e. The Bertz CT molecular complexity index is 2780. The molecule has 18 nitrogen and oxygen atoms in total. The van der Waals surface area contributed by atoms with E-state index in [9.17, 15) is 18.8 Å². The fourth-order valence-electron chi connectivity index (χ4n) is 8.33. The Labute approximate surface area is 434 Å². The molecule has 0 aliphatic rings. The maximum absolute atomic E-state index is 13.4. The SMILES string of the molecule is CCCCC[C@@](C)(CCC(C)=O)Nc1nc(N)nc2cc(Cl)cnc12.CCCCC[C@@](C)(CCC(C)=O)Nc1nc(N)nc2cccnc12.CCCC[C@@](C)(CCC(C)=O)Nc1nc(N)nc2cc(F)cnc12. The number of Topliss-reactive ketones (excluding diaryl/α,β-unsaturated/α-hetero) is 3. The highest BCUT2D eigenvalue weighted by molar-refractivity contribution is 6.31. The number of hydrogen-bond donors (Lipinski definition) is 6. The van der Waals surface area contributed by atoms with Crippen molar-refractivity contribution in [3.63, 3.8) is 0 Å². The van der Waals surface area contributed by atoms with Gasteiger partial charge in [-0.15, -0.1) is 0 Å². The number of carbonyl (C=O) groups is 3. The monoisotopic (exact) mass is 1030 g/mol. The molecule has 20 heteroatoms. The number of fused-ring (bicyclic) bond motifs is 3. The van der Waals surface area contributed by atoms with Gasteiger partial charge in [-0.25, -0.2) is 29.3 Å². The standard InChI is InChI=1S/C18H26ClN5O.C18H27N5O.C17H24FN5O/c1-4-5-6-8-18(3,9-7-12(2)25)24-16-15-14(22-17(20)23-16)10-13(19)11-21-15;1-4-5-6-10-18(3,11-9-13(2)24)23-16-15-14(8-7-12-20-15)21-17(19)22-16;1-4-5-7-17(3,8-6-11(2)24)23-15-14-13(21-16(19)22-15)9-12(18)10-20-14/h10-11H,4-9H2,1-3H3,(H3,20,22,23,24);7-8,12H,4-6,9-11H2,1-3H3,(H3,19,21,22,23);9-10H,4-8H2,1-3H3,(H3,19,21,22,23)/t2*18-;17-/m000/s1. The van der Waals surface area contributed by atoms with Crippen LogP contribution in [0.1, 0.15) is 171 Å². The first-order chi connectivity index (χ1) is 34.6. The first-order valence-electron chi connectivity index (χ1n) is 25.5. The molecular formula is C53H77ClFN15O3. The van der Waals surface area contributed by atoms with Crippen molar-refractivity contribution in [1.29, 1.82) is 0 Å². The summed E-state index contributed by atoms with van der Waals surface area (Å²) in [6.45, 7) is 17.6. The van der Waals surface area contributed by atoms with Gasteiger partial charge in [0.05, 0.1) is 27.8 Å². The summed E-state index contributed by atoms with van der Waals surface area (Å²) in [4.78, 5) is 72.5.